The van der Waals surface area contributed by atoms with E-state index in [4.69, 9.17) is 0 Å². The average molecular weight is 161 g/mol. The Morgan fingerprint density at radius 1 is 1.33 bits per heavy atom. The van der Waals surface area contributed by atoms with E-state index in [0.717, 1.165) is 0 Å². The molecule has 0 aromatic heterocycles. The first-order chi connectivity index (χ1) is 5.79. The Hall–Kier alpha value is -0.820. The van der Waals surface area contributed by atoms with Crippen LogP contribution in [0.15, 0.2) is 30.3 Å². The minimum Gasteiger partial charge on any atom is -0.301 e. The molecule has 0 amide bonds. The summed E-state index contributed by atoms with van der Waals surface area (Å²) in [5.74, 6) is 0. The van der Waals surface area contributed by atoms with Gasteiger partial charge in [-0.2, -0.15) is 0 Å². The van der Waals surface area contributed by atoms with Gasteiger partial charge < -0.3 is 5.32 Å². The van der Waals surface area contributed by atoms with Gasteiger partial charge in [0.1, 0.15) is 0 Å². The summed E-state index contributed by atoms with van der Waals surface area (Å²) >= 11 is 0. The molecule has 1 heteroatoms. The number of benzene rings is 1. The molecule has 0 aliphatic carbocycles. The molecule has 0 saturated carbocycles. The van der Waals surface area contributed by atoms with Gasteiger partial charge in [-0.3, -0.25) is 0 Å². The zero-order valence-electron chi connectivity index (χ0n) is 7.67. The molecule has 64 valence electrons. The summed E-state index contributed by atoms with van der Waals surface area (Å²) in [6.45, 7) is 4.49. The predicted octanol–water partition coefficient (Wildman–Crippen LogP) is 2.28. The molecule has 0 bridgehead atoms. The normalized spacial score (nSPS) is 33.3. The molecule has 2 rings (SSSR count). The van der Waals surface area contributed by atoms with E-state index in [0.29, 0.717) is 11.6 Å². The second kappa shape index (κ2) is 2.60. The van der Waals surface area contributed by atoms with Crippen LogP contribution in [0.4, 0.5) is 0 Å². The van der Waals surface area contributed by atoms with Gasteiger partial charge >= 0.3 is 0 Å². The Bertz CT molecular complexity index is 264. The fraction of sp³-hybridized carbons (Fsp3) is 0.455. The molecule has 1 N–H and O–H groups in total. The van der Waals surface area contributed by atoms with Crippen molar-refractivity contribution in [3.63, 3.8) is 0 Å². The minimum atomic E-state index is 0.293. The highest BCUT2D eigenvalue weighted by atomic mass is 15.2. The Balaban J connectivity index is 2.31. The van der Waals surface area contributed by atoms with Crippen LogP contribution in [0.2, 0.25) is 0 Å². The van der Waals surface area contributed by atoms with Crippen molar-refractivity contribution < 1.29 is 0 Å². The van der Waals surface area contributed by atoms with Gasteiger partial charge in [-0.05, 0) is 18.9 Å². The summed E-state index contributed by atoms with van der Waals surface area (Å²) in [7, 11) is 0. The smallest absolute Gasteiger partial charge is 0.0587 e. The van der Waals surface area contributed by atoms with Crippen LogP contribution < -0.4 is 5.32 Å². The molecular formula is C11H15N. The number of hydrogen-bond donors (Lipinski definition) is 1. The summed E-state index contributed by atoms with van der Waals surface area (Å²) in [6.07, 6.45) is 1.18. The Morgan fingerprint density at radius 3 is 2.33 bits per heavy atom. The van der Waals surface area contributed by atoms with Crippen molar-refractivity contribution in [3.8, 4) is 0 Å². The van der Waals surface area contributed by atoms with Crippen molar-refractivity contribution in [2.45, 2.75) is 31.8 Å². The summed E-state index contributed by atoms with van der Waals surface area (Å²) < 4.78 is 0. The summed E-state index contributed by atoms with van der Waals surface area (Å²) in [5, 5.41) is 3.51. The Labute approximate surface area is 73.8 Å². The largest absolute Gasteiger partial charge is 0.301 e. The molecule has 1 aliphatic heterocycles. The molecule has 0 radical (unpaired) electrons. The lowest BCUT2D eigenvalue weighted by atomic mass is 9.93. The molecule has 1 aromatic carbocycles. The molecule has 12 heavy (non-hydrogen) atoms. The lowest BCUT2D eigenvalue weighted by Crippen LogP contribution is -2.12. The molecule has 1 aromatic rings. The van der Waals surface area contributed by atoms with Gasteiger partial charge in [0.2, 0.25) is 0 Å². The lowest BCUT2D eigenvalue weighted by molar-refractivity contribution is 0.625. The van der Waals surface area contributed by atoms with Crippen LogP contribution in [0.5, 0.6) is 0 Å². The zero-order valence-corrected chi connectivity index (χ0v) is 7.67. The average Bonchev–Trinajstić information content (AvgIpc) is 2.80. The molecular weight excluding hydrogens is 146 g/mol. The molecule has 1 fully saturated rings. The van der Waals surface area contributed by atoms with E-state index in [1.807, 2.05) is 0 Å². The minimum absolute atomic E-state index is 0.293. The van der Waals surface area contributed by atoms with Crippen molar-refractivity contribution in [1.82, 2.24) is 5.32 Å². The molecule has 1 heterocycles. The van der Waals surface area contributed by atoms with Crippen LogP contribution in [-0.2, 0) is 5.54 Å². The van der Waals surface area contributed by atoms with Crippen LogP contribution in [0.1, 0.15) is 25.8 Å². The van der Waals surface area contributed by atoms with Crippen LogP contribution in [0.3, 0.4) is 0 Å². The Morgan fingerprint density at radius 2 is 1.92 bits per heavy atom. The second-order valence-electron chi connectivity index (χ2n) is 3.56. The highest BCUT2D eigenvalue weighted by Gasteiger charge is 2.49. The topological polar surface area (TPSA) is 21.9 Å². The van der Waals surface area contributed by atoms with Crippen LogP contribution >= 0.6 is 0 Å². The molecule has 1 saturated heterocycles. The molecule has 0 spiro atoms. The van der Waals surface area contributed by atoms with Gasteiger partial charge in [0.15, 0.2) is 0 Å². The van der Waals surface area contributed by atoms with Gasteiger partial charge in [0.25, 0.3) is 0 Å². The van der Waals surface area contributed by atoms with Crippen LogP contribution in [0, 0.1) is 0 Å². The van der Waals surface area contributed by atoms with Gasteiger partial charge in [-0.25, -0.2) is 0 Å². The lowest BCUT2D eigenvalue weighted by Gasteiger charge is -2.11. The number of hydrogen-bond acceptors (Lipinski definition) is 1. The summed E-state index contributed by atoms with van der Waals surface area (Å²) in [6, 6.07) is 11.4. The predicted molar refractivity (Wildman–Crippen MR) is 51.0 cm³/mol. The van der Waals surface area contributed by atoms with Gasteiger partial charge in [0, 0.05) is 6.04 Å². The standard InChI is InChI=1S/C11H15N/c1-3-11(9(2)12-11)10-7-5-4-6-8-10/h4-9,12H,3H2,1-2H3/t9-,11+/m0/s1. The molecule has 0 unspecified atom stereocenters. The number of rotatable bonds is 2. The Kier molecular flexibility index (Phi) is 1.69. The van der Waals surface area contributed by atoms with Crippen LogP contribution in [-0.4, -0.2) is 6.04 Å². The first-order valence-corrected chi connectivity index (χ1v) is 4.63. The maximum absolute atomic E-state index is 3.51. The quantitative estimate of drug-likeness (QED) is 0.660. The second-order valence-corrected chi connectivity index (χ2v) is 3.56. The molecule has 1 nitrogen and oxygen atoms in total. The summed E-state index contributed by atoms with van der Waals surface area (Å²) in [4.78, 5) is 0. The van der Waals surface area contributed by atoms with E-state index in [1.165, 1.54) is 12.0 Å². The van der Waals surface area contributed by atoms with Gasteiger partial charge in [-0.15, -0.1) is 0 Å². The maximum Gasteiger partial charge on any atom is 0.0587 e. The maximum atomic E-state index is 3.51. The van der Waals surface area contributed by atoms with Crippen molar-refractivity contribution in [2.75, 3.05) is 0 Å². The van der Waals surface area contributed by atoms with E-state index in [1.54, 1.807) is 0 Å². The first-order valence-electron chi connectivity index (χ1n) is 4.63. The van der Waals surface area contributed by atoms with E-state index in [-0.39, 0.29) is 0 Å². The molecule has 1 aliphatic rings. The first kappa shape index (κ1) is 7.81. The van der Waals surface area contributed by atoms with Crippen LogP contribution in [0.25, 0.3) is 0 Å². The van der Waals surface area contributed by atoms with E-state index in [9.17, 15) is 0 Å². The third kappa shape index (κ3) is 0.969. The van der Waals surface area contributed by atoms with Gasteiger partial charge in [0.05, 0.1) is 5.54 Å². The van der Waals surface area contributed by atoms with E-state index in [2.05, 4.69) is 49.5 Å². The SMILES string of the molecule is CC[C@@]1(c2ccccc2)N[C@H]1C. The number of nitrogens with one attached hydrogen (secondary N) is 1. The zero-order chi connectivity index (χ0) is 8.60. The highest BCUT2D eigenvalue weighted by molar-refractivity contribution is 5.33. The monoisotopic (exact) mass is 161 g/mol. The van der Waals surface area contributed by atoms with Crippen molar-refractivity contribution in [3.05, 3.63) is 35.9 Å². The van der Waals surface area contributed by atoms with E-state index < -0.39 is 0 Å². The van der Waals surface area contributed by atoms with Gasteiger partial charge in [-0.1, -0.05) is 37.3 Å². The molecule has 2 atom stereocenters. The van der Waals surface area contributed by atoms with E-state index >= 15 is 0 Å². The highest BCUT2D eigenvalue weighted by Crippen LogP contribution is 2.40. The van der Waals surface area contributed by atoms with Crippen molar-refractivity contribution >= 4 is 0 Å². The van der Waals surface area contributed by atoms with Crippen molar-refractivity contribution in [1.29, 1.82) is 0 Å². The third-order valence-electron chi connectivity index (χ3n) is 2.98. The fourth-order valence-corrected chi connectivity index (χ4v) is 2.03. The van der Waals surface area contributed by atoms with Crippen molar-refractivity contribution in [2.24, 2.45) is 0 Å². The third-order valence-corrected chi connectivity index (χ3v) is 2.98. The summed E-state index contributed by atoms with van der Waals surface area (Å²) in [5.41, 5.74) is 1.72. The fourth-order valence-electron chi connectivity index (χ4n) is 2.03.